The van der Waals surface area contributed by atoms with Gasteiger partial charge in [-0.1, -0.05) is 12.1 Å². The Morgan fingerprint density at radius 1 is 1.06 bits per heavy atom. The van der Waals surface area contributed by atoms with Crippen LogP contribution in [-0.4, -0.2) is 29.9 Å². The number of benzene rings is 2. The zero-order valence-corrected chi connectivity index (χ0v) is 18.3. The standard InChI is InChI=1S/C23H26N4O4/c1-15-6-8-20(12-21(15)27(28)29)26-16(2)10-19(17(26)3)14-25-24-13-18-7-9-22(30-4)23(11-18)31-5/h6-12,14,24H,13H2,1-5H3/b25-14-. The molecule has 0 saturated heterocycles. The second kappa shape index (κ2) is 9.34. The number of hydrogen-bond acceptors (Lipinski definition) is 6. The maximum atomic E-state index is 11.3. The van der Waals surface area contributed by atoms with Gasteiger partial charge < -0.3 is 19.5 Å². The first kappa shape index (κ1) is 21.9. The third kappa shape index (κ3) is 4.69. The smallest absolute Gasteiger partial charge is 0.274 e. The number of nitrogens with one attached hydrogen (secondary N) is 1. The van der Waals surface area contributed by atoms with E-state index >= 15 is 0 Å². The molecule has 0 saturated carbocycles. The molecular weight excluding hydrogens is 396 g/mol. The number of methoxy groups -OCH3 is 2. The molecule has 0 aliphatic carbocycles. The Hall–Kier alpha value is -3.81. The van der Waals surface area contributed by atoms with E-state index in [2.05, 4.69) is 10.5 Å². The van der Waals surface area contributed by atoms with Crippen LogP contribution in [0.2, 0.25) is 0 Å². The van der Waals surface area contributed by atoms with Crippen molar-refractivity contribution in [1.82, 2.24) is 9.99 Å². The molecule has 3 aromatic rings. The van der Waals surface area contributed by atoms with E-state index in [1.165, 1.54) is 0 Å². The summed E-state index contributed by atoms with van der Waals surface area (Å²) in [5.74, 6) is 1.35. The van der Waals surface area contributed by atoms with Gasteiger partial charge in [0.05, 0.1) is 37.6 Å². The van der Waals surface area contributed by atoms with Gasteiger partial charge in [0, 0.05) is 28.6 Å². The SMILES string of the molecule is COc1ccc(CN/N=C\c2cc(C)n(-c3ccc(C)c([N+](=O)[O-])c3)c2C)cc1OC. The van der Waals surface area contributed by atoms with Crippen molar-refractivity contribution in [3.63, 3.8) is 0 Å². The highest BCUT2D eigenvalue weighted by molar-refractivity contribution is 5.82. The molecule has 0 unspecified atom stereocenters. The van der Waals surface area contributed by atoms with E-state index in [4.69, 9.17) is 9.47 Å². The van der Waals surface area contributed by atoms with Crippen LogP contribution in [0.25, 0.3) is 5.69 Å². The van der Waals surface area contributed by atoms with Crippen LogP contribution in [0, 0.1) is 30.9 Å². The van der Waals surface area contributed by atoms with Crippen LogP contribution in [0.1, 0.15) is 28.1 Å². The van der Waals surface area contributed by atoms with Crippen LogP contribution < -0.4 is 14.9 Å². The fourth-order valence-electron chi connectivity index (χ4n) is 3.49. The minimum Gasteiger partial charge on any atom is -0.493 e. The minimum atomic E-state index is -0.354. The van der Waals surface area contributed by atoms with Crippen LogP contribution in [0.4, 0.5) is 5.69 Å². The van der Waals surface area contributed by atoms with Crippen LogP contribution in [-0.2, 0) is 6.54 Å². The van der Waals surface area contributed by atoms with Gasteiger partial charge in [-0.3, -0.25) is 10.1 Å². The predicted octanol–water partition coefficient (Wildman–Crippen LogP) is 4.45. The van der Waals surface area contributed by atoms with Crippen LogP contribution >= 0.6 is 0 Å². The van der Waals surface area contributed by atoms with E-state index < -0.39 is 0 Å². The van der Waals surface area contributed by atoms with E-state index in [-0.39, 0.29) is 10.6 Å². The first-order chi connectivity index (χ1) is 14.8. The number of hydrazone groups is 1. The van der Waals surface area contributed by atoms with E-state index in [1.54, 1.807) is 39.5 Å². The average Bonchev–Trinajstić information content (AvgIpc) is 3.04. The molecule has 0 spiro atoms. The molecule has 1 N–H and O–H groups in total. The predicted molar refractivity (Wildman–Crippen MR) is 121 cm³/mol. The molecule has 8 nitrogen and oxygen atoms in total. The van der Waals surface area contributed by atoms with E-state index in [0.717, 1.165) is 28.2 Å². The van der Waals surface area contributed by atoms with Crippen molar-refractivity contribution in [3.8, 4) is 17.2 Å². The van der Waals surface area contributed by atoms with Crippen LogP contribution in [0.3, 0.4) is 0 Å². The molecule has 0 aliphatic heterocycles. The van der Waals surface area contributed by atoms with E-state index in [1.807, 2.05) is 48.7 Å². The number of nitro groups is 1. The summed E-state index contributed by atoms with van der Waals surface area (Å²) >= 11 is 0. The van der Waals surface area contributed by atoms with Gasteiger partial charge in [0.15, 0.2) is 11.5 Å². The summed E-state index contributed by atoms with van der Waals surface area (Å²) in [6.07, 6.45) is 1.75. The van der Waals surface area contributed by atoms with E-state index in [0.29, 0.717) is 23.6 Å². The highest BCUT2D eigenvalue weighted by atomic mass is 16.6. The molecule has 162 valence electrons. The quantitative estimate of drug-likeness (QED) is 0.329. The zero-order chi connectivity index (χ0) is 22.5. The number of hydrogen-bond donors (Lipinski definition) is 1. The number of nitro benzene ring substituents is 1. The molecule has 0 amide bonds. The maximum Gasteiger partial charge on any atom is 0.274 e. The first-order valence-corrected chi connectivity index (χ1v) is 9.77. The molecule has 0 atom stereocenters. The molecule has 0 bridgehead atoms. The summed E-state index contributed by atoms with van der Waals surface area (Å²) < 4.78 is 12.6. The lowest BCUT2D eigenvalue weighted by atomic mass is 10.2. The average molecular weight is 422 g/mol. The van der Waals surface area contributed by atoms with Crippen molar-refractivity contribution < 1.29 is 14.4 Å². The van der Waals surface area contributed by atoms with Crippen molar-refractivity contribution >= 4 is 11.9 Å². The van der Waals surface area contributed by atoms with Crippen molar-refractivity contribution in [3.05, 3.63) is 80.7 Å². The summed E-state index contributed by atoms with van der Waals surface area (Å²) in [7, 11) is 3.21. The molecule has 3 rings (SSSR count). The monoisotopic (exact) mass is 422 g/mol. The second-order valence-corrected chi connectivity index (χ2v) is 7.17. The Morgan fingerprint density at radius 3 is 2.48 bits per heavy atom. The lowest BCUT2D eigenvalue weighted by Gasteiger charge is -2.10. The summed E-state index contributed by atoms with van der Waals surface area (Å²) in [4.78, 5) is 10.9. The molecule has 2 aromatic carbocycles. The second-order valence-electron chi connectivity index (χ2n) is 7.17. The highest BCUT2D eigenvalue weighted by Gasteiger charge is 2.15. The number of nitrogens with zero attached hydrogens (tertiary/aromatic N) is 3. The first-order valence-electron chi connectivity index (χ1n) is 9.77. The summed E-state index contributed by atoms with van der Waals surface area (Å²) in [5.41, 5.74) is 8.40. The summed E-state index contributed by atoms with van der Waals surface area (Å²) in [5, 5.41) is 15.6. The Kier molecular flexibility index (Phi) is 6.59. The van der Waals surface area contributed by atoms with Crippen molar-refractivity contribution in [1.29, 1.82) is 0 Å². The lowest BCUT2D eigenvalue weighted by Crippen LogP contribution is -2.06. The summed E-state index contributed by atoms with van der Waals surface area (Å²) in [6, 6.07) is 13.0. The Bertz CT molecular complexity index is 1130. The van der Waals surface area contributed by atoms with Gasteiger partial charge in [-0.05, 0) is 50.6 Å². The molecule has 0 fully saturated rings. The third-order valence-electron chi connectivity index (χ3n) is 5.14. The van der Waals surface area contributed by atoms with Crippen molar-refractivity contribution in [2.45, 2.75) is 27.3 Å². The van der Waals surface area contributed by atoms with Gasteiger partial charge in [0.2, 0.25) is 0 Å². The Morgan fingerprint density at radius 2 is 1.81 bits per heavy atom. The third-order valence-corrected chi connectivity index (χ3v) is 5.14. The van der Waals surface area contributed by atoms with Gasteiger partial charge in [0.1, 0.15) is 0 Å². The Balaban J connectivity index is 1.76. The maximum absolute atomic E-state index is 11.3. The Labute approximate surface area is 181 Å². The van der Waals surface area contributed by atoms with Gasteiger partial charge in [-0.25, -0.2) is 0 Å². The lowest BCUT2D eigenvalue weighted by molar-refractivity contribution is -0.385. The molecule has 31 heavy (non-hydrogen) atoms. The fourth-order valence-corrected chi connectivity index (χ4v) is 3.49. The molecule has 1 aromatic heterocycles. The van der Waals surface area contributed by atoms with Gasteiger partial charge in [-0.15, -0.1) is 0 Å². The minimum absolute atomic E-state index is 0.108. The fraction of sp³-hybridized carbons (Fsp3) is 0.261. The molecule has 1 heterocycles. The van der Waals surface area contributed by atoms with Gasteiger partial charge >= 0.3 is 0 Å². The highest BCUT2D eigenvalue weighted by Crippen LogP contribution is 2.28. The van der Waals surface area contributed by atoms with Crippen LogP contribution in [0.15, 0.2) is 47.6 Å². The summed E-state index contributed by atoms with van der Waals surface area (Å²) in [6.45, 7) is 6.20. The molecule has 0 aliphatic rings. The van der Waals surface area contributed by atoms with Crippen molar-refractivity contribution in [2.24, 2.45) is 5.10 Å². The molecule has 8 heteroatoms. The van der Waals surface area contributed by atoms with Crippen molar-refractivity contribution in [2.75, 3.05) is 14.2 Å². The van der Waals surface area contributed by atoms with Crippen LogP contribution in [0.5, 0.6) is 11.5 Å². The number of ether oxygens (including phenoxy) is 2. The normalized spacial score (nSPS) is 11.0. The number of aromatic nitrogens is 1. The number of aryl methyl sites for hydroxylation is 2. The van der Waals surface area contributed by atoms with Gasteiger partial charge in [0.25, 0.3) is 5.69 Å². The van der Waals surface area contributed by atoms with E-state index in [9.17, 15) is 10.1 Å². The molecule has 0 radical (unpaired) electrons. The largest absolute Gasteiger partial charge is 0.493 e. The topological polar surface area (TPSA) is 90.9 Å². The zero-order valence-electron chi connectivity index (χ0n) is 18.3. The molecular formula is C23H26N4O4. The van der Waals surface area contributed by atoms with Gasteiger partial charge in [-0.2, -0.15) is 5.10 Å². The number of rotatable bonds is 8.